The summed E-state index contributed by atoms with van der Waals surface area (Å²) in [5.41, 5.74) is -3.61. The molecule has 2 unspecified atom stereocenters. The van der Waals surface area contributed by atoms with Crippen molar-refractivity contribution in [3.63, 3.8) is 0 Å². The number of benzene rings is 1. The second kappa shape index (κ2) is 6.11. The van der Waals surface area contributed by atoms with E-state index in [2.05, 4.69) is 5.32 Å². The van der Waals surface area contributed by atoms with Gasteiger partial charge >= 0.3 is 5.51 Å². The number of para-hydroxylation sites is 1. The Morgan fingerprint density at radius 3 is 2.48 bits per heavy atom. The fraction of sp³-hybridized carbons (Fsp3) is 0.625. The van der Waals surface area contributed by atoms with Gasteiger partial charge in [0.25, 0.3) is 0 Å². The molecule has 0 radical (unpaired) electrons. The van der Waals surface area contributed by atoms with Crippen LogP contribution in [-0.4, -0.2) is 11.6 Å². The van der Waals surface area contributed by atoms with Crippen molar-refractivity contribution in [1.82, 2.24) is 0 Å². The van der Waals surface area contributed by atoms with Gasteiger partial charge in [-0.15, -0.1) is 0 Å². The average molecular weight is 315 g/mol. The monoisotopic (exact) mass is 315 g/mol. The zero-order valence-corrected chi connectivity index (χ0v) is 12.6. The van der Waals surface area contributed by atoms with Gasteiger partial charge in [-0.2, -0.15) is 13.2 Å². The Balaban J connectivity index is 1.66. The van der Waals surface area contributed by atoms with E-state index >= 15 is 0 Å². The maximum Gasteiger partial charge on any atom is 0.446 e. The summed E-state index contributed by atoms with van der Waals surface area (Å²) in [6.45, 7) is 0. The molecule has 1 N–H and O–H groups in total. The SMILES string of the molecule is FC(F)(F)Sc1ccccc1NC1CCCC(C2CC2)C1. The molecule has 0 saturated heterocycles. The van der Waals surface area contributed by atoms with Crippen LogP contribution in [0.5, 0.6) is 0 Å². The topological polar surface area (TPSA) is 12.0 Å². The lowest BCUT2D eigenvalue weighted by Crippen LogP contribution is -2.28. The van der Waals surface area contributed by atoms with Crippen molar-refractivity contribution in [1.29, 1.82) is 0 Å². The van der Waals surface area contributed by atoms with E-state index in [0.29, 0.717) is 11.7 Å². The highest BCUT2D eigenvalue weighted by atomic mass is 32.2. The van der Waals surface area contributed by atoms with Gasteiger partial charge in [-0.05, 0) is 61.4 Å². The van der Waals surface area contributed by atoms with Gasteiger partial charge in [-0.3, -0.25) is 0 Å². The standard InChI is InChI=1S/C16H20F3NS/c17-16(18,19)21-15-7-2-1-6-14(15)20-13-5-3-4-12(10-13)11-8-9-11/h1-2,6-7,11-13,20H,3-5,8-10H2. The molecule has 2 aliphatic rings. The van der Waals surface area contributed by atoms with Crippen LogP contribution in [0.1, 0.15) is 38.5 Å². The highest BCUT2D eigenvalue weighted by molar-refractivity contribution is 8.00. The summed E-state index contributed by atoms with van der Waals surface area (Å²) in [6.07, 6.45) is 7.34. The first-order valence-corrected chi connectivity index (χ1v) is 8.44. The smallest absolute Gasteiger partial charge is 0.381 e. The Morgan fingerprint density at radius 1 is 1.00 bits per heavy atom. The number of hydrogen-bond acceptors (Lipinski definition) is 2. The van der Waals surface area contributed by atoms with Crippen LogP contribution in [0.4, 0.5) is 18.9 Å². The van der Waals surface area contributed by atoms with E-state index in [1.54, 1.807) is 24.3 Å². The van der Waals surface area contributed by atoms with Gasteiger partial charge in [-0.25, -0.2) is 0 Å². The summed E-state index contributed by atoms with van der Waals surface area (Å²) in [4.78, 5) is 0.276. The normalized spacial score (nSPS) is 26.6. The Kier molecular flexibility index (Phi) is 4.38. The molecule has 2 atom stereocenters. The second-order valence-electron chi connectivity index (χ2n) is 6.15. The number of nitrogens with one attached hydrogen (secondary N) is 1. The summed E-state index contributed by atoms with van der Waals surface area (Å²) >= 11 is -0.0271. The molecular formula is C16H20F3NS. The summed E-state index contributed by atoms with van der Waals surface area (Å²) < 4.78 is 37.8. The predicted molar refractivity (Wildman–Crippen MR) is 80.4 cm³/mol. The van der Waals surface area contributed by atoms with Gasteiger partial charge < -0.3 is 5.32 Å². The van der Waals surface area contributed by atoms with Crippen LogP contribution in [0, 0.1) is 11.8 Å². The first-order chi connectivity index (χ1) is 10.0. The highest BCUT2D eigenvalue weighted by Gasteiger charge is 2.35. The number of hydrogen-bond donors (Lipinski definition) is 1. The molecule has 3 rings (SSSR count). The number of alkyl halides is 3. The summed E-state index contributed by atoms with van der Waals surface area (Å²) in [5.74, 6) is 1.66. The first kappa shape index (κ1) is 15.1. The van der Waals surface area contributed by atoms with Crippen LogP contribution in [-0.2, 0) is 0 Å². The van der Waals surface area contributed by atoms with Crippen molar-refractivity contribution < 1.29 is 13.2 Å². The van der Waals surface area contributed by atoms with Crippen LogP contribution in [0.25, 0.3) is 0 Å². The van der Waals surface area contributed by atoms with E-state index in [1.165, 1.54) is 25.7 Å². The fourth-order valence-corrected chi connectivity index (χ4v) is 4.01. The van der Waals surface area contributed by atoms with Crippen LogP contribution >= 0.6 is 11.8 Å². The van der Waals surface area contributed by atoms with Crippen LogP contribution < -0.4 is 5.32 Å². The molecule has 116 valence electrons. The van der Waals surface area contributed by atoms with Crippen molar-refractivity contribution in [3.05, 3.63) is 24.3 Å². The first-order valence-electron chi connectivity index (χ1n) is 7.62. The molecule has 0 aliphatic heterocycles. The molecule has 1 aromatic rings. The van der Waals surface area contributed by atoms with E-state index in [4.69, 9.17) is 0 Å². The average Bonchev–Trinajstić information content (AvgIpc) is 3.24. The Morgan fingerprint density at radius 2 is 1.76 bits per heavy atom. The molecule has 0 heterocycles. The van der Waals surface area contributed by atoms with Gasteiger partial charge in [0.05, 0.1) is 0 Å². The molecule has 0 aromatic heterocycles. The summed E-state index contributed by atoms with van der Waals surface area (Å²) in [5, 5.41) is 3.36. The molecule has 5 heteroatoms. The molecule has 0 amide bonds. The molecule has 1 aromatic carbocycles. The largest absolute Gasteiger partial charge is 0.446 e. The van der Waals surface area contributed by atoms with Gasteiger partial charge in [0, 0.05) is 16.6 Å². The Labute approximate surface area is 127 Å². The third kappa shape index (κ3) is 4.31. The van der Waals surface area contributed by atoms with Crippen molar-refractivity contribution in [2.75, 3.05) is 5.32 Å². The van der Waals surface area contributed by atoms with Crippen molar-refractivity contribution in [2.24, 2.45) is 11.8 Å². The predicted octanol–water partition coefficient (Wildman–Crippen LogP) is 5.68. The lowest BCUT2D eigenvalue weighted by atomic mass is 9.82. The van der Waals surface area contributed by atoms with Crippen LogP contribution in [0.15, 0.2) is 29.2 Å². The van der Waals surface area contributed by atoms with Crippen LogP contribution in [0.2, 0.25) is 0 Å². The van der Waals surface area contributed by atoms with Crippen molar-refractivity contribution >= 4 is 17.4 Å². The van der Waals surface area contributed by atoms with E-state index in [-0.39, 0.29) is 16.7 Å². The molecule has 0 spiro atoms. The summed E-state index contributed by atoms with van der Waals surface area (Å²) in [6, 6.07) is 7.08. The molecule has 2 aliphatic carbocycles. The highest BCUT2D eigenvalue weighted by Crippen LogP contribution is 2.45. The Hall–Kier alpha value is -0.840. The third-order valence-corrected chi connectivity index (χ3v) is 5.28. The molecule has 2 saturated carbocycles. The number of halogens is 3. The van der Waals surface area contributed by atoms with E-state index < -0.39 is 5.51 Å². The lowest BCUT2D eigenvalue weighted by molar-refractivity contribution is -0.0327. The van der Waals surface area contributed by atoms with Gasteiger partial charge in [0.1, 0.15) is 0 Å². The zero-order valence-electron chi connectivity index (χ0n) is 11.8. The van der Waals surface area contributed by atoms with Gasteiger partial charge in [0.15, 0.2) is 0 Å². The van der Waals surface area contributed by atoms with E-state index in [9.17, 15) is 13.2 Å². The third-order valence-electron chi connectivity index (χ3n) is 4.48. The maximum absolute atomic E-state index is 12.6. The van der Waals surface area contributed by atoms with Gasteiger partial charge in [0.2, 0.25) is 0 Å². The molecule has 0 bridgehead atoms. The molecular weight excluding hydrogens is 295 g/mol. The minimum absolute atomic E-state index is 0.0271. The zero-order chi connectivity index (χ0) is 14.9. The Bertz CT molecular complexity index is 485. The lowest BCUT2D eigenvalue weighted by Gasteiger charge is -2.31. The molecule has 2 fully saturated rings. The van der Waals surface area contributed by atoms with E-state index in [1.807, 2.05) is 0 Å². The second-order valence-corrected chi connectivity index (χ2v) is 7.26. The molecule has 1 nitrogen and oxygen atoms in total. The molecule has 21 heavy (non-hydrogen) atoms. The summed E-state index contributed by atoms with van der Waals surface area (Å²) in [7, 11) is 0. The number of thioether (sulfide) groups is 1. The minimum atomic E-state index is -4.24. The van der Waals surface area contributed by atoms with E-state index in [0.717, 1.165) is 24.7 Å². The van der Waals surface area contributed by atoms with Gasteiger partial charge in [-0.1, -0.05) is 25.0 Å². The van der Waals surface area contributed by atoms with Crippen LogP contribution in [0.3, 0.4) is 0 Å². The minimum Gasteiger partial charge on any atom is -0.381 e. The quantitative estimate of drug-likeness (QED) is 0.717. The fourth-order valence-electron chi connectivity index (χ4n) is 3.37. The van der Waals surface area contributed by atoms with Crippen molar-refractivity contribution in [2.45, 2.75) is 55.0 Å². The number of anilines is 1. The number of rotatable bonds is 4. The maximum atomic E-state index is 12.6. The van der Waals surface area contributed by atoms with Crippen molar-refractivity contribution in [3.8, 4) is 0 Å².